The first-order chi connectivity index (χ1) is 10.3. The average Bonchev–Trinajstić information content (AvgIpc) is 2.97. The maximum atomic E-state index is 12.0. The molecule has 102 valence electrons. The summed E-state index contributed by atoms with van der Waals surface area (Å²) in [6.07, 6.45) is 1.73. The van der Waals surface area contributed by atoms with Crippen molar-refractivity contribution in [2.75, 3.05) is 5.73 Å². The lowest BCUT2D eigenvalue weighted by molar-refractivity contribution is 0.565. The first-order valence-corrected chi connectivity index (χ1v) is 6.49. The van der Waals surface area contributed by atoms with Crippen LogP contribution in [0.4, 0.5) is 5.69 Å². The molecule has 5 nitrogen and oxygen atoms in total. The number of nitrogen functional groups attached to an aromatic ring is 1. The molecule has 0 spiro atoms. The van der Waals surface area contributed by atoms with Gasteiger partial charge in [0.15, 0.2) is 0 Å². The maximum Gasteiger partial charge on any atom is 0.360 e. The third-order valence-electron chi connectivity index (χ3n) is 3.60. The van der Waals surface area contributed by atoms with E-state index in [4.69, 9.17) is 10.2 Å². The van der Waals surface area contributed by atoms with Gasteiger partial charge in [-0.15, -0.1) is 0 Å². The third kappa shape index (κ3) is 1.64. The van der Waals surface area contributed by atoms with Crippen molar-refractivity contribution >= 4 is 27.6 Å². The molecule has 0 bridgehead atoms. The van der Waals surface area contributed by atoms with Crippen molar-refractivity contribution in [3.05, 3.63) is 59.1 Å². The normalized spacial score (nSPS) is 11.2. The van der Waals surface area contributed by atoms with Crippen molar-refractivity contribution in [2.45, 2.75) is 0 Å². The molecular formula is C16H11N3O2. The number of nitrogens with one attached hydrogen (secondary N) is 1. The van der Waals surface area contributed by atoms with E-state index in [1.165, 1.54) is 0 Å². The molecule has 4 rings (SSSR count). The summed E-state index contributed by atoms with van der Waals surface area (Å²) in [6.45, 7) is 0. The lowest BCUT2D eigenvalue weighted by Gasteiger charge is -2.09. The highest BCUT2D eigenvalue weighted by Crippen LogP contribution is 2.35. The first-order valence-electron chi connectivity index (χ1n) is 6.49. The summed E-state index contributed by atoms with van der Waals surface area (Å²) in [6, 6.07) is 13.1. The second-order valence-corrected chi connectivity index (χ2v) is 4.81. The summed E-state index contributed by atoms with van der Waals surface area (Å²) in [5.74, 6) is 0. The molecule has 0 unspecified atom stereocenters. The molecule has 0 fully saturated rings. The molecule has 0 atom stereocenters. The molecule has 2 aromatic heterocycles. The van der Waals surface area contributed by atoms with Crippen molar-refractivity contribution < 1.29 is 4.42 Å². The zero-order chi connectivity index (χ0) is 14.4. The number of rotatable bonds is 1. The van der Waals surface area contributed by atoms with Crippen LogP contribution in [0.25, 0.3) is 33.0 Å². The highest BCUT2D eigenvalue weighted by Gasteiger charge is 2.16. The minimum atomic E-state index is -0.524. The van der Waals surface area contributed by atoms with Gasteiger partial charge in [-0.1, -0.05) is 30.3 Å². The molecule has 0 aliphatic heterocycles. The van der Waals surface area contributed by atoms with Gasteiger partial charge in [-0.3, -0.25) is 5.10 Å². The number of aromatic amines is 1. The molecule has 21 heavy (non-hydrogen) atoms. The minimum absolute atomic E-state index is 0.113. The number of aromatic nitrogens is 2. The van der Waals surface area contributed by atoms with E-state index < -0.39 is 5.63 Å². The van der Waals surface area contributed by atoms with Gasteiger partial charge in [-0.2, -0.15) is 5.10 Å². The highest BCUT2D eigenvalue weighted by atomic mass is 16.4. The van der Waals surface area contributed by atoms with Crippen molar-refractivity contribution in [2.24, 2.45) is 0 Å². The van der Waals surface area contributed by atoms with Crippen molar-refractivity contribution in [1.29, 1.82) is 0 Å². The molecule has 4 aromatic rings. The SMILES string of the molecule is Nc1c(-c2cccc3[nH]ncc23)c2ccccc2oc1=O. The van der Waals surface area contributed by atoms with Gasteiger partial charge in [0.25, 0.3) is 0 Å². The zero-order valence-corrected chi connectivity index (χ0v) is 11.0. The topological polar surface area (TPSA) is 84.9 Å². The van der Waals surface area contributed by atoms with E-state index in [-0.39, 0.29) is 5.69 Å². The molecular weight excluding hydrogens is 266 g/mol. The van der Waals surface area contributed by atoms with E-state index in [1.54, 1.807) is 12.3 Å². The summed E-state index contributed by atoms with van der Waals surface area (Å²) in [5, 5.41) is 8.70. The van der Waals surface area contributed by atoms with E-state index in [2.05, 4.69) is 10.2 Å². The van der Waals surface area contributed by atoms with E-state index in [9.17, 15) is 4.79 Å². The molecule has 0 radical (unpaired) electrons. The smallest absolute Gasteiger partial charge is 0.360 e. The highest BCUT2D eigenvalue weighted by molar-refractivity contribution is 6.06. The predicted octanol–water partition coefficient (Wildman–Crippen LogP) is 2.92. The van der Waals surface area contributed by atoms with Crippen LogP contribution in [0.15, 0.2) is 57.9 Å². The van der Waals surface area contributed by atoms with Crippen LogP contribution in [-0.2, 0) is 0 Å². The lowest BCUT2D eigenvalue weighted by Crippen LogP contribution is -2.08. The summed E-state index contributed by atoms with van der Waals surface area (Å²) in [4.78, 5) is 12.0. The second-order valence-electron chi connectivity index (χ2n) is 4.81. The number of anilines is 1. The van der Waals surface area contributed by atoms with Crippen LogP contribution in [0.1, 0.15) is 0 Å². The number of benzene rings is 2. The number of hydrogen-bond acceptors (Lipinski definition) is 4. The fourth-order valence-electron chi connectivity index (χ4n) is 2.64. The Morgan fingerprint density at radius 3 is 2.81 bits per heavy atom. The van der Waals surface area contributed by atoms with Gasteiger partial charge in [0.1, 0.15) is 11.3 Å². The number of nitrogens with two attached hydrogens (primary N) is 1. The summed E-state index contributed by atoms with van der Waals surface area (Å²) in [5.41, 5.74) is 8.56. The summed E-state index contributed by atoms with van der Waals surface area (Å²) < 4.78 is 5.24. The Labute approximate surface area is 119 Å². The van der Waals surface area contributed by atoms with Crippen LogP contribution in [0.5, 0.6) is 0 Å². The van der Waals surface area contributed by atoms with E-state index in [1.807, 2.05) is 36.4 Å². The van der Waals surface area contributed by atoms with Crippen LogP contribution in [-0.4, -0.2) is 10.2 Å². The minimum Gasteiger partial charge on any atom is -0.421 e. The molecule has 3 N–H and O–H groups in total. The average molecular weight is 277 g/mol. The quantitative estimate of drug-likeness (QED) is 0.524. The van der Waals surface area contributed by atoms with Crippen LogP contribution in [0.3, 0.4) is 0 Å². The number of fused-ring (bicyclic) bond motifs is 2. The Bertz CT molecular complexity index is 1030. The van der Waals surface area contributed by atoms with Gasteiger partial charge >= 0.3 is 5.63 Å². The second kappa shape index (κ2) is 4.21. The molecule has 2 aromatic carbocycles. The Balaban J connectivity index is 2.22. The van der Waals surface area contributed by atoms with Gasteiger partial charge in [0.05, 0.1) is 11.7 Å². The number of H-pyrrole nitrogens is 1. The molecule has 0 aliphatic carbocycles. The van der Waals surface area contributed by atoms with Gasteiger partial charge in [-0.25, -0.2) is 4.79 Å². The van der Waals surface area contributed by atoms with Crippen LogP contribution in [0, 0.1) is 0 Å². The van der Waals surface area contributed by atoms with E-state index in [0.29, 0.717) is 11.1 Å². The number of nitrogens with zero attached hydrogens (tertiary/aromatic N) is 1. The Hall–Kier alpha value is -3.08. The van der Waals surface area contributed by atoms with Gasteiger partial charge in [-0.05, 0) is 17.7 Å². The standard InChI is InChI=1S/C16H11N3O2/c17-15-14(9-5-3-6-12-11(9)8-18-19-12)10-4-1-2-7-13(10)21-16(15)20/h1-8H,17H2,(H,18,19). The largest absolute Gasteiger partial charge is 0.421 e. The van der Waals surface area contributed by atoms with Crippen molar-refractivity contribution in [3.63, 3.8) is 0 Å². The van der Waals surface area contributed by atoms with E-state index >= 15 is 0 Å². The fourth-order valence-corrected chi connectivity index (χ4v) is 2.64. The summed E-state index contributed by atoms with van der Waals surface area (Å²) in [7, 11) is 0. The van der Waals surface area contributed by atoms with Gasteiger partial charge < -0.3 is 10.2 Å². The van der Waals surface area contributed by atoms with Gasteiger partial charge in [0.2, 0.25) is 0 Å². The number of hydrogen-bond donors (Lipinski definition) is 2. The first kappa shape index (κ1) is 11.7. The zero-order valence-electron chi connectivity index (χ0n) is 11.0. The maximum absolute atomic E-state index is 12.0. The van der Waals surface area contributed by atoms with Crippen LogP contribution >= 0.6 is 0 Å². The van der Waals surface area contributed by atoms with Gasteiger partial charge in [0, 0.05) is 16.3 Å². The molecule has 0 saturated carbocycles. The van der Waals surface area contributed by atoms with E-state index in [0.717, 1.165) is 21.9 Å². The Morgan fingerprint density at radius 1 is 1.05 bits per heavy atom. The lowest BCUT2D eigenvalue weighted by atomic mass is 9.97. The van der Waals surface area contributed by atoms with Crippen molar-refractivity contribution in [1.82, 2.24) is 10.2 Å². The molecule has 0 saturated heterocycles. The fraction of sp³-hybridized carbons (Fsp3) is 0. The summed E-state index contributed by atoms with van der Waals surface area (Å²) >= 11 is 0. The third-order valence-corrected chi connectivity index (χ3v) is 3.60. The van der Waals surface area contributed by atoms with Crippen molar-refractivity contribution in [3.8, 4) is 11.1 Å². The van der Waals surface area contributed by atoms with Crippen LogP contribution in [0.2, 0.25) is 0 Å². The monoisotopic (exact) mass is 277 g/mol. The predicted molar refractivity (Wildman–Crippen MR) is 82.0 cm³/mol. The molecule has 0 aliphatic rings. The Morgan fingerprint density at radius 2 is 1.90 bits per heavy atom. The van der Waals surface area contributed by atoms with Crippen LogP contribution < -0.4 is 11.4 Å². The molecule has 0 amide bonds. The Kier molecular flexibility index (Phi) is 2.35. The molecule has 2 heterocycles. The number of para-hydroxylation sites is 1. The molecule has 5 heteroatoms.